The SMILES string of the molecule is CCn1c2ccccc2c2cc(NC(=O)C(C)Sc3cccc(NC(=O)c4ccccc4F)c3)ccc21. The van der Waals surface area contributed by atoms with E-state index >= 15 is 0 Å². The van der Waals surface area contributed by atoms with E-state index in [2.05, 4.69) is 34.3 Å². The van der Waals surface area contributed by atoms with Crippen LogP contribution in [0.4, 0.5) is 15.8 Å². The highest BCUT2D eigenvalue weighted by molar-refractivity contribution is 8.00. The van der Waals surface area contributed by atoms with Crippen molar-refractivity contribution in [1.82, 2.24) is 4.57 Å². The maximum absolute atomic E-state index is 13.9. The van der Waals surface area contributed by atoms with E-state index in [1.165, 1.54) is 35.5 Å². The third-order valence-corrected chi connectivity index (χ3v) is 7.34. The number of amides is 2. The molecule has 5 aromatic rings. The fourth-order valence-electron chi connectivity index (χ4n) is 4.46. The zero-order chi connectivity index (χ0) is 25.9. The van der Waals surface area contributed by atoms with Crippen molar-refractivity contribution in [3.8, 4) is 0 Å². The molecule has 0 saturated heterocycles. The largest absolute Gasteiger partial charge is 0.341 e. The number of rotatable bonds is 7. The third-order valence-electron chi connectivity index (χ3n) is 6.25. The lowest BCUT2D eigenvalue weighted by molar-refractivity contribution is -0.115. The molecule has 5 nitrogen and oxygen atoms in total. The first-order valence-electron chi connectivity index (χ1n) is 12.1. The van der Waals surface area contributed by atoms with Crippen LogP contribution in [-0.2, 0) is 11.3 Å². The van der Waals surface area contributed by atoms with Crippen molar-refractivity contribution in [2.75, 3.05) is 10.6 Å². The lowest BCUT2D eigenvalue weighted by Crippen LogP contribution is -2.22. The van der Waals surface area contributed by atoms with Crippen molar-refractivity contribution in [2.24, 2.45) is 0 Å². The molecule has 1 heterocycles. The van der Waals surface area contributed by atoms with Gasteiger partial charge in [-0.2, -0.15) is 0 Å². The minimum absolute atomic E-state index is 0.0210. The minimum atomic E-state index is -0.576. The number of hydrogen-bond acceptors (Lipinski definition) is 3. The summed E-state index contributed by atoms with van der Waals surface area (Å²) in [5.41, 5.74) is 3.57. The Morgan fingerprint density at radius 1 is 0.838 bits per heavy atom. The Balaban J connectivity index is 1.28. The monoisotopic (exact) mass is 511 g/mol. The molecule has 0 aliphatic carbocycles. The molecule has 2 amide bonds. The lowest BCUT2D eigenvalue weighted by Gasteiger charge is -2.13. The normalized spacial score (nSPS) is 12.0. The van der Waals surface area contributed by atoms with Crippen LogP contribution in [0.25, 0.3) is 21.8 Å². The summed E-state index contributed by atoms with van der Waals surface area (Å²) in [7, 11) is 0. The molecule has 4 aromatic carbocycles. The maximum atomic E-state index is 13.9. The Labute approximate surface area is 218 Å². The Morgan fingerprint density at radius 2 is 1.57 bits per heavy atom. The molecule has 0 aliphatic heterocycles. The molecule has 0 radical (unpaired) electrons. The Hall–Kier alpha value is -4.10. The molecule has 1 unspecified atom stereocenters. The molecular weight excluding hydrogens is 485 g/mol. The van der Waals surface area contributed by atoms with Crippen LogP contribution < -0.4 is 10.6 Å². The fraction of sp³-hybridized carbons (Fsp3) is 0.133. The van der Waals surface area contributed by atoms with Crippen molar-refractivity contribution in [2.45, 2.75) is 30.5 Å². The van der Waals surface area contributed by atoms with Gasteiger partial charge in [-0.15, -0.1) is 11.8 Å². The summed E-state index contributed by atoms with van der Waals surface area (Å²) >= 11 is 1.38. The van der Waals surface area contributed by atoms with Gasteiger partial charge in [-0.1, -0.05) is 36.4 Å². The summed E-state index contributed by atoms with van der Waals surface area (Å²) in [4.78, 5) is 26.3. The molecule has 37 heavy (non-hydrogen) atoms. The number of nitrogens with zero attached hydrogens (tertiary/aromatic N) is 1. The zero-order valence-electron chi connectivity index (χ0n) is 20.5. The van der Waals surface area contributed by atoms with Crippen LogP contribution in [-0.4, -0.2) is 21.6 Å². The second kappa shape index (κ2) is 10.5. The summed E-state index contributed by atoms with van der Waals surface area (Å²) in [5.74, 6) is -1.22. The highest BCUT2D eigenvalue weighted by Gasteiger charge is 2.17. The molecule has 1 aromatic heterocycles. The number of nitrogens with one attached hydrogen (secondary N) is 2. The molecular formula is C30H26FN3O2S. The van der Waals surface area contributed by atoms with E-state index in [-0.39, 0.29) is 16.7 Å². The summed E-state index contributed by atoms with van der Waals surface area (Å²) in [6, 6.07) is 27.3. The molecule has 0 bridgehead atoms. The smallest absolute Gasteiger partial charge is 0.258 e. The number of fused-ring (bicyclic) bond motifs is 3. The first-order chi connectivity index (χ1) is 17.9. The summed E-state index contributed by atoms with van der Waals surface area (Å²) in [6.07, 6.45) is 0. The van der Waals surface area contributed by atoms with Gasteiger partial charge in [0, 0.05) is 44.6 Å². The molecule has 186 valence electrons. The quantitative estimate of drug-likeness (QED) is 0.225. The van der Waals surface area contributed by atoms with E-state index in [4.69, 9.17) is 0 Å². The molecule has 7 heteroatoms. The van der Waals surface area contributed by atoms with E-state index in [1.54, 1.807) is 24.3 Å². The van der Waals surface area contributed by atoms with Crippen LogP contribution in [0.1, 0.15) is 24.2 Å². The van der Waals surface area contributed by atoms with Crippen molar-refractivity contribution < 1.29 is 14.0 Å². The number of aryl methyl sites for hydroxylation is 1. The van der Waals surface area contributed by atoms with Crippen LogP contribution in [0.2, 0.25) is 0 Å². The van der Waals surface area contributed by atoms with Gasteiger partial charge in [-0.3, -0.25) is 9.59 Å². The van der Waals surface area contributed by atoms with Gasteiger partial charge in [-0.05, 0) is 68.4 Å². The van der Waals surface area contributed by atoms with Gasteiger partial charge in [0.1, 0.15) is 5.82 Å². The second-order valence-corrected chi connectivity index (χ2v) is 10.1. The number of halogens is 1. The van der Waals surface area contributed by atoms with Gasteiger partial charge >= 0.3 is 0 Å². The van der Waals surface area contributed by atoms with Crippen LogP contribution >= 0.6 is 11.8 Å². The topological polar surface area (TPSA) is 63.1 Å². The van der Waals surface area contributed by atoms with Gasteiger partial charge < -0.3 is 15.2 Å². The van der Waals surface area contributed by atoms with Crippen molar-refractivity contribution in [3.05, 3.63) is 102 Å². The van der Waals surface area contributed by atoms with Gasteiger partial charge in [-0.25, -0.2) is 4.39 Å². The Morgan fingerprint density at radius 3 is 2.38 bits per heavy atom. The van der Waals surface area contributed by atoms with E-state index in [1.807, 2.05) is 43.3 Å². The first kappa shape index (κ1) is 24.6. The van der Waals surface area contributed by atoms with Crippen LogP contribution in [0.15, 0.2) is 95.9 Å². The van der Waals surface area contributed by atoms with Crippen molar-refractivity contribution in [1.29, 1.82) is 0 Å². The summed E-state index contributed by atoms with van der Waals surface area (Å²) < 4.78 is 16.2. The number of aromatic nitrogens is 1. The molecule has 0 fully saturated rings. The van der Waals surface area contributed by atoms with E-state index in [0.29, 0.717) is 5.69 Å². The number of carbonyl (C=O) groups is 2. The average Bonchev–Trinajstić information content (AvgIpc) is 3.22. The molecule has 2 N–H and O–H groups in total. The molecule has 0 spiro atoms. The summed E-state index contributed by atoms with van der Waals surface area (Å²) in [5, 5.41) is 7.65. The van der Waals surface area contributed by atoms with Gasteiger partial charge in [0.25, 0.3) is 5.91 Å². The average molecular weight is 512 g/mol. The van der Waals surface area contributed by atoms with Crippen molar-refractivity contribution in [3.63, 3.8) is 0 Å². The highest BCUT2D eigenvalue weighted by atomic mass is 32.2. The summed E-state index contributed by atoms with van der Waals surface area (Å²) in [6.45, 7) is 4.83. The van der Waals surface area contributed by atoms with E-state index < -0.39 is 11.7 Å². The highest BCUT2D eigenvalue weighted by Crippen LogP contribution is 2.32. The zero-order valence-corrected chi connectivity index (χ0v) is 21.3. The lowest BCUT2D eigenvalue weighted by atomic mass is 10.1. The minimum Gasteiger partial charge on any atom is -0.341 e. The molecule has 0 saturated carbocycles. The number of benzene rings is 4. The van der Waals surface area contributed by atoms with Gasteiger partial charge in [0.05, 0.1) is 10.8 Å². The molecule has 5 rings (SSSR count). The van der Waals surface area contributed by atoms with Crippen LogP contribution in [0.3, 0.4) is 0 Å². The first-order valence-corrected chi connectivity index (χ1v) is 13.0. The second-order valence-electron chi connectivity index (χ2n) is 8.70. The number of anilines is 2. The fourth-order valence-corrected chi connectivity index (χ4v) is 5.39. The predicted molar refractivity (Wildman–Crippen MR) is 150 cm³/mol. The van der Waals surface area contributed by atoms with Crippen molar-refractivity contribution >= 4 is 56.8 Å². The molecule has 1 atom stereocenters. The molecule has 0 aliphatic rings. The number of hydrogen-bond donors (Lipinski definition) is 2. The van der Waals surface area contributed by atoms with Crippen LogP contribution in [0, 0.1) is 5.82 Å². The van der Waals surface area contributed by atoms with Gasteiger partial charge in [0.2, 0.25) is 5.91 Å². The predicted octanol–water partition coefficient (Wildman–Crippen LogP) is 7.33. The van der Waals surface area contributed by atoms with Crippen LogP contribution in [0.5, 0.6) is 0 Å². The Bertz CT molecular complexity index is 1630. The standard InChI is InChI=1S/C30H26FN3O2S/c1-3-34-27-14-7-5-11-23(27)25-18-21(15-16-28(25)34)32-29(35)19(2)37-22-10-8-9-20(17-22)33-30(36)24-12-4-6-13-26(24)31/h4-19H,3H2,1-2H3,(H,32,35)(H,33,36). The number of carbonyl (C=O) groups excluding carboxylic acids is 2. The maximum Gasteiger partial charge on any atom is 0.258 e. The Kier molecular flexibility index (Phi) is 6.97. The van der Waals surface area contributed by atoms with Gasteiger partial charge in [0.15, 0.2) is 0 Å². The van der Waals surface area contributed by atoms with E-state index in [0.717, 1.165) is 33.4 Å². The van der Waals surface area contributed by atoms with E-state index in [9.17, 15) is 14.0 Å². The number of para-hydroxylation sites is 1. The number of thioether (sulfide) groups is 1. The third kappa shape index (κ3) is 5.08.